The number of fused-ring (bicyclic) bond motifs is 1. The fourth-order valence-corrected chi connectivity index (χ4v) is 3.06. The van der Waals surface area contributed by atoms with Crippen LogP contribution < -0.4 is 10.1 Å². The van der Waals surface area contributed by atoms with Gasteiger partial charge in [-0.05, 0) is 36.9 Å². The molecule has 1 saturated heterocycles. The largest absolute Gasteiger partial charge is 0.489 e. The normalized spacial score (nSPS) is 22.4. The fourth-order valence-electron chi connectivity index (χ4n) is 2.68. The van der Waals surface area contributed by atoms with Crippen LogP contribution in [0.3, 0.4) is 0 Å². The smallest absolute Gasteiger partial charge is 0.127 e. The highest BCUT2D eigenvalue weighted by Crippen LogP contribution is 2.28. The summed E-state index contributed by atoms with van der Waals surface area (Å²) >= 11 is 3.50. The third-order valence-electron chi connectivity index (χ3n) is 3.81. The lowest BCUT2D eigenvalue weighted by molar-refractivity contribution is -0.0177. The third kappa shape index (κ3) is 4.07. The minimum atomic E-state index is 0.287. The third-order valence-corrected chi connectivity index (χ3v) is 4.30. The maximum atomic E-state index is 5.78. The molecule has 0 spiro atoms. The number of hydrogen-bond acceptors (Lipinski definition) is 4. The molecular weight excluding hydrogens is 332 g/mol. The first kappa shape index (κ1) is 15.0. The van der Waals surface area contributed by atoms with E-state index in [4.69, 9.17) is 9.47 Å². The second-order valence-electron chi connectivity index (χ2n) is 5.66. The SMILES string of the molecule is CN1CCOC(CNCC2=Cc3cc(Br)ccc3OC2)C1. The average Bonchev–Trinajstić information content (AvgIpc) is 2.47. The molecule has 5 heteroatoms. The average molecular weight is 353 g/mol. The van der Waals surface area contributed by atoms with E-state index in [9.17, 15) is 0 Å². The predicted molar refractivity (Wildman–Crippen MR) is 87.7 cm³/mol. The Bertz CT molecular complexity index is 533. The van der Waals surface area contributed by atoms with Gasteiger partial charge in [0.15, 0.2) is 0 Å². The molecular formula is C16H21BrN2O2. The van der Waals surface area contributed by atoms with E-state index in [-0.39, 0.29) is 6.10 Å². The quantitative estimate of drug-likeness (QED) is 0.900. The van der Waals surface area contributed by atoms with Gasteiger partial charge in [-0.2, -0.15) is 0 Å². The minimum absolute atomic E-state index is 0.287. The Morgan fingerprint density at radius 1 is 1.43 bits per heavy atom. The van der Waals surface area contributed by atoms with Crippen molar-refractivity contribution in [2.45, 2.75) is 6.10 Å². The molecule has 3 rings (SSSR count). The second-order valence-corrected chi connectivity index (χ2v) is 6.58. The first-order valence-electron chi connectivity index (χ1n) is 7.33. The minimum Gasteiger partial charge on any atom is -0.489 e. The Morgan fingerprint density at radius 3 is 3.19 bits per heavy atom. The summed E-state index contributed by atoms with van der Waals surface area (Å²) in [6, 6.07) is 6.10. The molecule has 1 aromatic carbocycles. The number of benzene rings is 1. The maximum absolute atomic E-state index is 5.78. The lowest BCUT2D eigenvalue weighted by atomic mass is 10.1. The van der Waals surface area contributed by atoms with Crippen LogP contribution in [0.4, 0.5) is 0 Å². The number of likely N-dealkylation sites (N-methyl/N-ethyl adjacent to an activating group) is 1. The van der Waals surface area contributed by atoms with E-state index >= 15 is 0 Å². The van der Waals surface area contributed by atoms with Crippen molar-refractivity contribution in [3.63, 3.8) is 0 Å². The molecule has 2 aliphatic heterocycles. The highest BCUT2D eigenvalue weighted by molar-refractivity contribution is 9.10. The molecule has 0 aromatic heterocycles. The first-order valence-corrected chi connectivity index (χ1v) is 8.12. The van der Waals surface area contributed by atoms with E-state index in [1.807, 2.05) is 12.1 Å². The van der Waals surface area contributed by atoms with E-state index in [0.717, 1.165) is 48.6 Å². The molecule has 1 unspecified atom stereocenters. The summed E-state index contributed by atoms with van der Waals surface area (Å²) in [5.41, 5.74) is 2.41. The molecule has 1 fully saturated rings. The van der Waals surface area contributed by atoms with Gasteiger partial charge in [0.1, 0.15) is 12.4 Å². The zero-order valence-corrected chi connectivity index (χ0v) is 13.9. The molecule has 4 nitrogen and oxygen atoms in total. The second kappa shape index (κ2) is 6.92. The van der Waals surface area contributed by atoms with Crippen molar-refractivity contribution in [2.24, 2.45) is 0 Å². The first-order chi connectivity index (χ1) is 10.2. The Balaban J connectivity index is 1.52. The Hall–Kier alpha value is -0.880. The Kier molecular flexibility index (Phi) is 4.95. The van der Waals surface area contributed by atoms with Gasteiger partial charge in [0.25, 0.3) is 0 Å². The zero-order valence-electron chi connectivity index (χ0n) is 12.3. The molecule has 0 aliphatic carbocycles. The molecule has 0 saturated carbocycles. The highest BCUT2D eigenvalue weighted by atomic mass is 79.9. The summed E-state index contributed by atoms with van der Waals surface area (Å²) in [5.74, 6) is 0.958. The van der Waals surface area contributed by atoms with Crippen molar-refractivity contribution < 1.29 is 9.47 Å². The number of rotatable bonds is 4. The van der Waals surface area contributed by atoms with E-state index in [0.29, 0.717) is 6.61 Å². The van der Waals surface area contributed by atoms with Crippen molar-refractivity contribution in [2.75, 3.05) is 46.4 Å². The molecule has 1 atom stereocenters. The summed E-state index contributed by atoms with van der Waals surface area (Å²) in [7, 11) is 2.14. The van der Waals surface area contributed by atoms with Crippen LogP contribution in [0.25, 0.3) is 6.08 Å². The molecule has 1 N–H and O–H groups in total. The van der Waals surface area contributed by atoms with Crippen LogP contribution in [-0.4, -0.2) is 57.4 Å². The summed E-state index contributed by atoms with van der Waals surface area (Å²) in [6.45, 7) is 5.24. The van der Waals surface area contributed by atoms with Gasteiger partial charge in [0, 0.05) is 36.2 Å². The van der Waals surface area contributed by atoms with Gasteiger partial charge < -0.3 is 19.7 Å². The van der Waals surface area contributed by atoms with E-state index in [2.05, 4.69) is 45.3 Å². The van der Waals surface area contributed by atoms with Gasteiger partial charge in [-0.3, -0.25) is 0 Å². The molecule has 21 heavy (non-hydrogen) atoms. The molecule has 114 valence electrons. The topological polar surface area (TPSA) is 33.7 Å². The standard InChI is InChI=1S/C16H21BrN2O2/c1-19-4-5-20-15(10-19)9-18-8-12-6-13-7-14(17)2-3-16(13)21-11-12/h2-3,6-7,15,18H,4-5,8-11H2,1H3. The van der Waals surface area contributed by atoms with Crippen LogP contribution >= 0.6 is 15.9 Å². The van der Waals surface area contributed by atoms with Crippen molar-refractivity contribution >= 4 is 22.0 Å². The molecule has 2 heterocycles. The molecule has 2 aliphatic rings. The van der Waals surface area contributed by atoms with E-state index < -0.39 is 0 Å². The highest BCUT2D eigenvalue weighted by Gasteiger charge is 2.17. The van der Waals surface area contributed by atoms with Crippen molar-refractivity contribution in [3.8, 4) is 5.75 Å². The van der Waals surface area contributed by atoms with Gasteiger partial charge in [-0.25, -0.2) is 0 Å². The number of nitrogens with one attached hydrogen (secondary N) is 1. The Labute approximate surface area is 134 Å². The lowest BCUT2D eigenvalue weighted by Crippen LogP contribution is -2.45. The number of halogens is 1. The van der Waals surface area contributed by atoms with Gasteiger partial charge in [0.05, 0.1) is 12.7 Å². The van der Waals surface area contributed by atoms with Gasteiger partial charge >= 0.3 is 0 Å². The van der Waals surface area contributed by atoms with Crippen molar-refractivity contribution in [1.29, 1.82) is 0 Å². The van der Waals surface area contributed by atoms with Crippen LogP contribution in [0, 0.1) is 0 Å². The van der Waals surface area contributed by atoms with Crippen LogP contribution in [0.1, 0.15) is 5.56 Å². The van der Waals surface area contributed by atoms with E-state index in [1.165, 1.54) is 5.57 Å². The van der Waals surface area contributed by atoms with Crippen molar-refractivity contribution in [1.82, 2.24) is 10.2 Å². The predicted octanol–water partition coefficient (Wildman–Crippen LogP) is 2.15. The molecule has 1 aromatic rings. The van der Waals surface area contributed by atoms with Crippen LogP contribution in [-0.2, 0) is 4.74 Å². The van der Waals surface area contributed by atoms with Gasteiger partial charge in [0.2, 0.25) is 0 Å². The number of hydrogen-bond donors (Lipinski definition) is 1. The van der Waals surface area contributed by atoms with Crippen LogP contribution in [0.2, 0.25) is 0 Å². The zero-order chi connectivity index (χ0) is 14.7. The van der Waals surface area contributed by atoms with Crippen molar-refractivity contribution in [3.05, 3.63) is 33.8 Å². The molecule has 0 radical (unpaired) electrons. The Morgan fingerprint density at radius 2 is 2.33 bits per heavy atom. The number of morpholine rings is 1. The van der Waals surface area contributed by atoms with Gasteiger partial charge in [-0.15, -0.1) is 0 Å². The lowest BCUT2D eigenvalue weighted by Gasteiger charge is -2.30. The van der Waals surface area contributed by atoms with Crippen LogP contribution in [0.5, 0.6) is 5.75 Å². The summed E-state index contributed by atoms with van der Waals surface area (Å²) < 4.78 is 12.6. The number of nitrogens with zero attached hydrogens (tertiary/aromatic N) is 1. The maximum Gasteiger partial charge on any atom is 0.127 e. The van der Waals surface area contributed by atoms with Gasteiger partial charge in [-0.1, -0.05) is 15.9 Å². The number of ether oxygens (including phenoxy) is 2. The summed E-state index contributed by atoms with van der Waals surface area (Å²) in [5, 5.41) is 3.48. The summed E-state index contributed by atoms with van der Waals surface area (Å²) in [4.78, 5) is 2.31. The monoisotopic (exact) mass is 352 g/mol. The molecule has 0 bridgehead atoms. The summed E-state index contributed by atoms with van der Waals surface area (Å²) in [6.07, 6.45) is 2.50. The molecule has 0 amide bonds. The van der Waals surface area contributed by atoms with E-state index in [1.54, 1.807) is 0 Å². The fraction of sp³-hybridized carbons (Fsp3) is 0.500. The van der Waals surface area contributed by atoms with Crippen LogP contribution in [0.15, 0.2) is 28.2 Å².